The minimum atomic E-state index is -2.52. The van der Waals surface area contributed by atoms with Crippen LogP contribution >= 0.6 is 15.9 Å². The normalized spacial score (nSPS) is 21.1. The van der Waals surface area contributed by atoms with Crippen LogP contribution in [0.5, 0.6) is 5.75 Å². The van der Waals surface area contributed by atoms with E-state index in [1.165, 1.54) is 12.4 Å². The number of ether oxygens (including phenoxy) is 1. The zero-order valence-corrected chi connectivity index (χ0v) is 12.3. The molecule has 0 unspecified atom stereocenters. The largest absolute Gasteiger partial charge is 0.491 e. The second kappa shape index (κ2) is 5.23. The number of aromatic nitrogens is 1. The number of halogens is 3. The predicted molar refractivity (Wildman–Crippen MR) is 68.5 cm³/mol. The molecule has 1 fully saturated rings. The van der Waals surface area contributed by atoms with E-state index >= 15 is 0 Å². The van der Waals surface area contributed by atoms with Gasteiger partial charge in [0.2, 0.25) is 18.3 Å². The minimum Gasteiger partial charge on any atom is -0.491 e. The molecule has 0 aliphatic heterocycles. The third kappa shape index (κ3) is 3.78. The highest BCUT2D eigenvalue weighted by Gasteiger charge is 2.41. The Balaban J connectivity index is 1.95. The summed E-state index contributed by atoms with van der Waals surface area (Å²) in [5.74, 6) is -1.92. The molecule has 1 N–H and O–H groups in total. The first kappa shape index (κ1) is 14.5. The summed E-state index contributed by atoms with van der Waals surface area (Å²) < 4.78 is 33.5. The van der Waals surface area contributed by atoms with E-state index in [4.69, 9.17) is 4.74 Å². The third-order valence-electron chi connectivity index (χ3n) is 3.62. The van der Waals surface area contributed by atoms with Gasteiger partial charge in [0.1, 0.15) is 10.2 Å². The molecule has 0 amide bonds. The van der Waals surface area contributed by atoms with Gasteiger partial charge in [-0.15, -0.1) is 0 Å². The van der Waals surface area contributed by atoms with Crippen LogP contribution in [0, 0.1) is 5.41 Å². The summed E-state index contributed by atoms with van der Waals surface area (Å²) in [5, 5.41) is 9.21. The topological polar surface area (TPSA) is 33.3 Å². The Morgan fingerprint density at radius 2 is 2.00 bits per heavy atom. The van der Waals surface area contributed by atoms with Crippen LogP contribution < -0.4 is 9.47 Å². The van der Waals surface area contributed by atoms with Gasteiger partial charge in [-0.05, 0) is 28.8 Å². The third-order valence-corrected chi connectivity index (χ3v) is 4.22. The second-order valence-corrected chi connectivity index (χ2v) is 6.35. The van der Waals surface area contributed by atoms with Crippen molar-refractivity contribution in [1.29, 1.82) is 0 Å². The van der Waals surface area contributed by atoms with Crippen LogP contribution in [0.4, 0.5) is 8.78 Å². The quantitative estimate of drug-likeness (QED) is 0.676. The molecule has 0 bridgehead atoms. The van der Waals surface area contributed by atoms with E-state index in [9.17, 15) is 14.0 Å². The van der Waals surface area contributed by atoms with E-state index in [1.54, 1.807) is 6.07 Å². The molecule has 1 aromatic heterocycles. The van der Waals surface area contributed by atoms with Crippen molar-refractivity contribution >= 4 is 15.9 Å². The maximum absolute atomic E-state index is 13.1. The van der Waals surface area contributed by atoms with Crippen LogP contribution in [0.1, 0.15) is 32.6 Å². The summed E-state index contributed by atoms with van der Waals surface area (Å²) in [4.78, 5) is 0. The number of nitrogens with zero attached hydrogens (tertiary/aromatic N) is 1. The number of alkyl halides is 2. The smallest absolute Gasteiger partial charge is 0.248 e. The van der Waals surface area contributed by atoms with E-state index < -0.39 is 5.92 Å². The minimum absolute atomic E-state index is 0.0700. The fourth-order valence-electron chi connectivity index (χ4n) is 2.18. The molecule has 1 saturated carbocycles. The summed E-state index contributed by atoms with van der Waals surface area (Å²) in [6.07, 6.45) is 3.71. The van der Waals surface area contributed by atoms with Gasteiger partial charge in [0.05, 0.1) is 12.7 Å². The number of hydrogen-bond donors (Lipinski definition) is 1. The zero-order valence-electron chi connectivity index (χ0n) is 10.7. The van der Waals surface area contributed by atoms with Gasteiger partial charge >= 0.3 is 0 Å². The molecule has 106 valence electrons. The molecular weight excluding hydrogens is 320 g/mol. The molecule has 1 aromatic rings. The molecule has 2 rings (SSSR count). The van der Waals surface area contributed by atoms with Crippen LogP contribution in [-0.2, 0) is 0 Å². The molecule has 1 aliphatic carbocycles. The summed E-state index contributed by atoms with van der Waals surface area (Å²) in [6.45, 7) is 2.38. The molecular formula is C13H17BrF2NO2+. The molecule has 0 saturated heterocycles. The lowest BCUT2D eigenvalue weighted by atomic mass is 9.75. The maximum atomic E-state index is 13.1. The van der Waals surface area contributed by atoms with Crippen LogP contribution in [-0.4, -0.2) is 17.7 Å². The first-order valence-corrected chi connectivity index (χ1v) is 7.00. The van der Waals surface area contributed by atoms with Crippen molar-refractivity contribution in [3.63, 3.8) is 0 Å². The molecule has 1 aliphatic rings. The second-order valence-electron chi connectivity index (χ2n) is 5.49. The number of rotatable bonds is 3. The molecule has 0 spiro atoms. The highest BCUT2D eigenvalue weighted by molar-refractivity contribution is 9.10. The molecule has 3 nitrogen and oxygen atoms in total. The number of hydrogen-bond acceptors (Lipinski definition) is 2. The lowest BCUT2D eigenvalue weighted by molar-refractivity contribution is -0.905. The Bertz CT molecular complexity index is 458. The Labute approximate surface area is 119 Å². The SMILES string of the molecule is CC1(COc2cc[n+](O)cc2Br)CCC(F)(F)CC1. The molecule has 6 heteroatoms. The predicted octanol–water partition coefficient (Wildman–Crippen LogP) is 3.57. The van der Waals surface area contributed by atoms with Gasteiger partial charge in [0.25, 0.3) is 0 Å². The first-order valence-electron chi connectivity index (χ1n) is 6.20. The van der Waals surface area contributed by atoms with Crippen molar-refractivity contribution in [2.75, 3.05) is 6.61 Å². The van der Waals surface area contributed by atoms with Gasteiger partial charge in [0, 0.05) is 23.0 Å². The highest BCUT2D eigenvalue weighted by atomic mass is 79.9. The fourth-order valence-corrected chi connectivity index (χ4v) is 2.64. The van der Waals surface area contributed by atoms with Crippen LogP contribution in [0.3, 0.4) is 0 Å². The Morgan fingerprint density at radius 3 is 2.58 bits per heavy atom. The molecule has 0 atom stereocenters. The van der Waals surface area contributed by atoms with Crippen molar-refractivity contribution in [3.05, 3.63) is 22.9 Å². The van der Waals surface area contributed by atoms with Gasteiger partial charge in [0.15, 0.2) is 0 Å². The molecule has 1 heterocycles. The Hall–Kier alpha value is -0.910. The monoisotopic (exact) mass is 336 g/mol. The summed E-state index contributed by atoms with van der Waals surface area (Å²) >= 11 is 3.28. The Morgan fingerprint density at radius 1 is 1.37 bits per heavy atom. The first-order chi connectivity index (χ1) is 8.80. The molecule has 0 aromatic carbocycles. The molecule has 19 heavy (non-hydrogen) atoms. The van der Waals surface area contributed by atoms with E-state index in [0.29, 0.717) is 29.7 Å². The number of pyridine rings is 1. The van der Waals surface area contributed by atoms with Gasteiger partial charge < -0.3 is 4.74 Å². The van der Waals surface area contributed by atoms with Crippen molar-refractivity contribution in [1.82, 2.24) is 0 Å². The van der Waals surface area contributed by atoms with E-state index in [1.807, 2.05) is 6.92 Å². The molecule has 0 radical (unpaired) electrons. The fraction of sp³-hybridized carbons (Fsp3) is 0.615. The highest BCUT2D eigenvalue weighted by Crippen LogP contribution is 2.43. The summed E-state index contributed by atoms with van der Waals surface area (Å²) in [6, 6.07) is 1.63. The maximum Gasteiger partial charge on any atom is 0.248 e. The van der Waals surface area contributed by atoms with Gasteiger partial charge in [-0.1, -0.05) is 6.92 Å². The van der Waals surface area contributed by atoms with Crippen LogP contribution in [0.15, 0.2) is 22.9 Å². The van der Waals surface area contributed by atoms with Crippen molar-refractivity contribution in [2.45, 2.75) is 38.5 Å². The lowest BCUT2D eigenvalue weighted by Gasteiger charge is -2.36. The van der Waals surface area contributed by atoms with Gasteiger partial charge in [-0.2, -0.15) is 0 Å². The summed E-state index contributed by atoms with van der Waals surface area (Å²) in [7, 11) is 0. The average molecular weight is 337 g/mol. The lowest BCUT2D eigenvalue weighted by Crippen LogP contribution is -2.35. The van der Waals surface area contributed by atoms with Gasteiger partial charge in [-0.25, -0.2) is 8.78 Å². The summed E-state index contributed by atoms with van der Waals surface area (Å²) in [5.41, 5.74) is -0.216. The van der Waals surface area contributed by atoms with E-state index in [2.05, 4.69) is 15.9 Å². The van der Waals surface area contributed by atoms with Crippen molar-refractivity contribution < 1.29 is 23.5 Å². The van der Waals surface area contributed by atoms with E-state index in [0.717, 1.165) is 4.73 Å². The van der Waals surface area contributed by atoms with Crippen molar-refractivity contribution in [2.24, 2.45) is 5.41 Å². The standard InChI is InChI=1S/C13H17BrF2NO2/c1-12(3-5-13(15,16)6-4-12)9-19-11-2-7-17(18)8-10(11)14/h2,7-8,18H,3-6,9H2,1H3/q+1. The van der Waals surface area contributed by atoms with Crippen molar-refractivity contribution in [3.8, 4) is 5.75 Å². The van der Waals surface area contributed by atoms with E-state index in [-0.39, 0.29) is 18.3 Å². The van der Waals surface area contributed by atoms with Crippen LogP contribution in [0.2, 0.25) is 0 Å². The van der Waals surface area contributed by atoms with Crippen LogP contribution in [0.25, 0.3) is 0 Å². The Kier molecular flexibility index (Phi) is 3.99. The van der Waals surface area contributed by atoms with Gasteiger partial charge in [-0.3, -0.25) is 5.21 Å². The zero-order chi connectivity index (χ0) is 14.1. The average Bonchev–Trinajstić information content (AvgIpc) is 2.33.